The first-order valence-corrected chi connectivity index (χ1v) is 7.24. The zero-order valence-electron chi connectivity index (χ0n) is 12.9. The molecule has 2 rings (SSSR count). The fourth-order valence-corrected chi connectivity index (χ4v) is 1.89. The number of carbonyl (C=O) groups excluding carboxylic acids is 2. The van der Waals surface area contributed by atoms with Gasteiger partial charge in [-0.2, -0.15) is 0 Å². The second-order valence-electron chi connectivity index (χ2n) is 5.01. The van der Waals surface area contributed by atoms with Gasteiger partial charge < -0.3 is 15.8 Å². The van der Waals surface area contributed by atoms with Crippen LogP contribution in [0.3, 0.4) is 0 Å². The first kappa shape index (κ1) is 17.2. The standard InChI is InChI=1S/C18H17FN2O3/c19-15-7-4-13(5-8-15)6-9-18(23)21-11-14-2-1-3-16(10-14)24-12-17(20)22/h1-10H,11-12H2,(H2,20,22)(H,21,23). The van der Waals surface area contributed by atoms with Crippen LogP contribution in [0.15, 0.2) is 54.6 Å². The first-order valence-electron chi connectivity index (χ1n) is 7.24. The minimum atomic E-state index is -0.556. The van der Waals surface area contributed by atoms with Crippen LogP contribution in [0.4, 0.5) is 4.39 Å². The van der Waals surface area contributed by atoms with Gasteiger partial charge in [-0.3, -0.25) is 9.59 Å². The molecule has 0 aliphatic carbocycles. The van der Waals surface area contributed by atoms with Gasteiger partial charge in [0.15, 0.2) is 6.61 Å². The van der Waals surface area contributed by atoms with Crippen LogP contribution in [0, 0.1) is 5.82 Å². The van der Waals surface area contributed by atoms with Gasteiger partial charge in [0.25, 0.3) is 5.91 Å². The first-order chi connectivity index (χ1) is 11.5. The summed E-state index contributed by atoms with van der Waals surface area (Å²) in [7, 11) is 0. The van der Waals surface area contributed by atoms with Crippen LogP contribution in [0.2, 0.25) is 0 Å². The number of rotatable bonds is 7. The third-order valence-electron chi connectivity index (χ3n) is 3.04. The van der Waals surface area contributed by atoms with Gasteiger partial charge >= 0.3 is 0 Å². The van der Waals surface area contributed by atoms with Crippen molar-refractivity contribution >= 4 is 17.9 Å². The van der Waals surface area contributed by atoms with Crippen molar-refractivity contribution in [3.63, 3.8) is 0 Å². The molecule has 2 amide bonds. The normalized spacial score (nSPS) is 10.5. The number of primary amides is 1. The van der Waals surface area contributed by atoms with E-state index in [4.69, 9.17) is 10.5 Å². The van der Waals surface area contributed by atoms with Crippen molar-refractivity contribution < 1.29 is 18.7 Å². The molecule has 24 heavy (non-hydrogen) atoms. The average Bonchev–Trinajstić information content (AvgIpc) is 2.58. The Kier molecular flexibility index (Phi) is 6.08. The molecule has 0 unspecified atom stereocenters. The second-order valence-corrected chi connectivity index (χ2v) is 5.01. The van der Waals surface area contributed by atoms with Crippen molar-refractivity contribution in [3.05, 3.63) is 71.6 Å². The van der Waals surface area contributed by atoms with Crippen LogP contribution in [-0.2, 0) is 16.1 Å². The van der Waals surface area contributed by atoms with E-state index in [1.165, 1.54) is 18.2 Å². The fourth-order valence-electron chi connectivity index (χ4n) is 1.89. The molecule has 6 heteroatoms. The molecule has 5 nitrogen and oxygen atoms in total. The van der Waals surface area contributed by atoms with Crippen molar-refractivity contribution in [3.8, 4) is 5.75 Å². The van der Waals surface area contributed by atoms with E-state index in [-0.39, 0.29) is 18.3 Å². The van der Waals surface area contributed by atoms with Gasteiger partial charge in [-0.05, 0) is 41.5 Å². The third-order valence-corrected chi connectivity index (χ3v) is 3.04. The van der Waals surface area contributed by atoms with Crippen molar-refractivity contribution in [1.82, 2.24) is 5.32 Å². The quantitative estimate of drug-likeness (QED) is 0.763. The van der Waals surface area contributed by atoms with Gasteiger partial charge in [0.05, 0.1) is 0 Å². The van der Waals surface area contributed by atoms with Gasteiger partial charge in [0.2, 0.25) is 5.91 Å². The summed E-state index contributed by atoms with van der Waals surface area (Å²) in [6.45, 7) is 0.108. The summed E-state index contributed by atoms with van der Waals surface area (Å²) >= 11 is 0. The maximum atomic E-state index is 12.8. The van der Waals surface area contributed by atoms with Crippen LogP contribution in [-0.4, -0.2) is 18.4 Å². The molecule has 0 spiro atoms. The predicted octanol–water partition coefficient (Wildman–Crippen LogP) is 2.02. The number of benzene rings is 2. The molecule has 0 radical (unpaired) electrons. The fraction of sp³-hybridized carbons (Fsp3) is 0.111. The predicted molar refractivity (Wildman–Crippen MR) is 88.4 cm³/mol. The number of nitrogens with one attached hydrogen (secondary N) is 1. The summed E-state index contributed by atoms with van der Waals surface area (Å²) in [5, 5.41) is 2.73. The van der Waals surface area contributed by atoms with Gasteiger partial charge in [0.1, 0.15) is 11.6 Å². The minimum Gasteiger partial charge on any atom is -0.484 e. The van der Waals surface area contributed by atoms with Crippen molar-refractivity contribution in [1.29, 1.82) is 0 Å². The van der Waals surface area contributed by atoms with Crippen molar-refractivity contribution in [2.75, 3.05) is 6.61 Å². The van der Waals surface area contributed by atoms with Crippen LogP contribution in [0.5, 0.6) is 5.75 Å². The number of hydrogen-bond acceptors (Lipinski definition) is 3. The second kappa shape index (κ2) is 8.47. The van der Waals surface area contributed by atoms with E-state index < -0.39 is 5.91 Å². The number of hydrogen-bond donors (Lipinski definition) is 2. The molecule has 0 aliphatic rings. The molecule has 0 atom stereocenters. The molecule has 3 N–H and O–H groups in total. The lowest BCUT2D eigenvalue weighted by atomic mass is 10.2. The molecule has 124 valence electrons. The Morgan fingerprint density at radius 1 is 1.17 bits per heavy atom. The van der Waals surface area contributed by atoms with E-state index in [1.807, 2.05) is 6.07 Å². The number of carbonyl (C=O) groups is 2. The highest BCUT2D eigenvalue weighted by atomic mass is 19.1. The third kappa shape index (κ3) is 5.92. The maximum Gasteiger partial charge on any atom is 0.255 e. The Bertz CT molecular complexity index is 742. The highest BCUT2D eigenvalue weighted by molar-refractivity contribution is 5.91. The molecule has 0 aliphatic heterocycles. The molecule has 0 aromatic heterocycles. The van der Waals surface area contributed by atoms with Crippen LogP contribution < -0.4 is 15.8 Å². The van der Waals surface area contributed by atoms with E-state index in [9.17, 15) is 14.0 Å². The van der Waals surface area contributed by atoms with Gasteiger partial charge in [0, 0.05) is 12.6 Å². The van der Waals surface area contributed by atoms with Crippen LogP contribution >= 0.6 is 0 Å². The lowest BCUT2D eigenvalue weighted by molar-refractivity contribution is -0.120. The van der Waals surface area contributed by atoms with Crippen LogP contribution in [0.25, 0.3) is 6.08 Å². The van der Waals surface area contributed by atoms with Gasteiger partial charge in [-0.25, -0.2) is 4.39 Å². The summed E-state index contributed by atoms with van der Waals surface area (Å²) in [5.41, 5.74) is 6.57. The number of halogens is 1. The molecular weight excluding hydrogens is 311 g/mol. The highest BCUT2D eigenvalue weighted by Gasteiger charge is 2.01. The van der Waals surface area contributed by atoms with E-state index >= 15 is 0 Å². The summed E-state index contributed by atoms with van der Waals surface area (Å²) in [6.07, 6.45) is 2.97. The zero-order chi connectivity index (χ0) is 17.4. The Morgan fingerprint density at radius 3 is 2.62 bits per heavy atom. The van der Waals surface area contributed by atoms with E-state index in [2.05, 4.69) is 5.32 Å². The topological polar surface area (TPSA) is 81.4 Å². The molecule has 0 bridgehead atoms. The molecule has 2 aromatic rings. The molecular formula is C18H17FN2O3. The lowest BCUT2D eigenvalue weighted by Gasteiger charge is -2.07. The van der Waals surface area contributed by atoms with E-state index in [0.717, 1.165) is 11.1 Å². The number of nitrogens with two attached hydrogens (primary N) is 1. The summed E-state index contributed by atoms with van der Waals surface area (Å²) < 4.78 is 18.0. The SMILES string of the molecule is NC(=O)COc1cccc(CNC(=O)C=Cc2ccc(F)cc2)c1. The smallest absolute Gasteiger partial charge is 0.255 e. The Labute approximate surface area is 138 Å². The maximum absolute atomic E-state index is 12.8. The van der Waals surface area contributed by atoms with Crippen molar-refractivity contribution in [2.24, 2.45) is 5.73 Å². The van der Waals surface area contributed by atoms with Crippen LogP contribution in [0.1, 0.15) is 11.1 Å². The summed E-state index contributed by atoms with van der Waals surface area (Å²) in [4.78, 5) is 22.5. The van der Waals surface area contributed by atoms with E-state index in [0.29, 0.717) is 12.3 Å². The van der Waals surface area contributed by atoms with E-state index in [1.54, 1.807) is 36.4 Å². The molecule has 0 saturated carbocycles. The zero-order valence-corrected chi connectivity index (χ0v) is 12.9. The Morgan fingerprint density at radius 2 is 1.92 bits per heavy atom. The number of amides is 2. The van der Waals surface area contributed by atoms with Crippen molar-refractivity contribution in [2.45, 2.75) is 6.54 Å². The number of ether oxygens (including phenoxy) is 1. The summed E-state index contributed by atoms with van der Waals surface area (Å²) in [6, 6.07) is 12.8. The Hall–Kier alpha value is -3.15. The summed E-state index contributed by atoms with van der Waals surface area (Å²) in [5.74, 6) is -0.653. The minimum absolute atomic E-state index is 0.198. The largest absolute Gasteiger partial charge is 0.484 e. The molecule has 0 fully saturated rings. The lowest BCUT2D eigenvalue weighted by Crippen LogP contribution is -2.21. The molecule has 2 aromatic carbocycles. The average molecular weight is 328 g/mol. The highest BCUT2D eigenvalue weighted by Crippen LogP contribution is 2.13. The molecule has 0 saturated heterocycles. The molecule has 0 heterocycles. The van der Waals surface area contributed by atoms with Gasteiger partial charge in [-0.15, -0.1) is 0 Å². The monoisotopic (exact) mass is 328 g/mol. The Balaban J connectivity index is 1.86. The van der Waals surface area contributed by atoms with Gasteiger partial charge in [-0.1, -0.05) is 24.3 Å².